The van der Waals surface area contributed by atoms with Gasteiger partial charge in [0.05, 0.1) is 19.8 Å². The number of aromatic carboxylic acids is 1. The zero-order valence-corrected chi connectivity index (χ0v) is 25.7. The Hall–Kier alpha value is -5.06. The second kappa shape index (κ2) is 12.0. The second-order valence-electron chi connectivity index (χ2n) is 10.2. The zero-order valence-electron chi connectivity index (χ0n) is 25.7. The van der Waals surface area contributed by atoms with Crippen molar-refractivity contribution in [1.29, 1.82) is 0 Å². The molecule has 228 valence electrons. The Labute approximate surface area is 248 Å². The topological polar surface area (TPSA) is 166 Å². The van der Waals surface area contributed by atoms with E-state index in [0.29, 0.717) is 34.1 Å². The summed E-state index contributed by atoms with van der Waals surface area (Å²) in [6, 6.07) is 0. The van der Waals surface area contributed by atoms with Crippen LogP contribution in [0.5, 0.6) is 34.5 Å². The summed E-state index contributed by atoms with van der Waals surface area (Å²) in [6.07, 6.45) is 0.383. The van der Waals surface area contributed by atoms with Crippen LogP contribution in [-0.2, 0) is 0 Å². The number of esters is 2. The first-order valence-electron chi connectivity index (χ1n) is 13.1. The molecule has 0 aromatic heterocycles. The number of hydrogen-bond acceptors (Lipinski definition) is 10. The van der Waals surface area contributed by atoms with Gasteiger partial charge in [-0.25, -0.2) is 14.4 Å². The molecule has 0 fully saturated rings. The molecule has 3 aromatic rings. The molecule has 11 heteroatoms. The van der Waals surface area contributed by atoms with E-state index in [2.05, 4.69) is 0 Å². The lowest BCUT2D eigenvalue weighted by molar-refractivity contribution is 0.0689. The molecule has 0 saturated heterocycles. The maximum absolute atomic E-state index is 13.7. The van der Waals surface area contributed by atoms with Crippen molar-refractivity contribution < 1.29 is 53.4 Å². The Bertz CT molecular complexity index is 1710. The van der Waals surface area contributed by atoms with Crippen LogP contribution in [0.4, 0.5) is 0 Å². The molecular weight excluding hydrogens is 560 g/mol. The average Bonchev–Trinajstić information content (AvgIpc) is 2.95. The summed E-state index contributed by atoms with van der Waals surface area (Å²) < 4.78 is 22.5. The minimum absolute atomic E-state index is 0.0326. The molecule has 0 heterocycles. The van der Waals surface area contributed by atoms with Crippen LogP contribution < -0.4 is 18.9 Å². The van der Waals surface area contributed by atoms with Gasteiger partial charge in [0.2, 0.25) is 0 Å². The Balaban J connectivity index is 2.15. The van der Waals surface area contributed by atoms with Gasteiger partial charge in [-0.1, -0.05) is 0 Å². The highest BCUT2D eigenvalue weighted by Crippen LogP contribution is 2.43. The summed E-state index contributed by atoms with van der Waals surface area (Å²) in [4.78, 5) is 50.5. The van der Waals surface area contributed by atoms with E-state index in [-0.39, 0.29) is 61.9 Å². The van der Waals surface area contributed by atoms with Crippen molar-refractivity contribution in [2.75, 3.05) is 14.2 Å². The van der Waals surface area contributed by atoms with Crippen molar-refractivity contribution in [2.24, 2.45) is 0 Å². The number of aldehydes is 1. The zero-order chi connectivity index (χ0) is 32.7. The number of carboxylic acid groups (broad SMARTS) is 1. The monoisotopic (exact) mass is 594 g/mol. The summed E-state index contributed by atoms with van der Waals surface area (Å²) in [5.74, 6) is -3.61. The number of phenols is 2. The molecule has 0 spiro atoms. The summed E-state index contributed by atoms with van der Waals surface area (Å²) >= 11 is 0. The standard InChI is InChI=1S/C32H34O11/c1-12-14(3)26(18(7)28(40-9)22(12)30(36)37)43-32(39)23-13(2)15(4)27(19(8)29(23)41-10)42-31(38)21-16(5)20(11-33)24(34)17(6)25(21)35/h11,34-35H,1-10H3,(H,36,37). The predicted molar refractivity (Wildman–Crippen MR) is 156 cm³/mol. The molecule has 3 N–H and O–H groups in total. The minimum atomic E-state index is -1.18. The molecular formula is C32H34O11. The summed E-state index contributed by atoms with van der Waals surface area (Å²) in [6.45, 7) is 12.4. The number of ether oxygens (including phenoxy) is 4. The molecule has 0 saturated carbocycles. The van der Waals surface area contributed by atoms with E-state index < -0.39 is 29.4 Å². The van der Waals surface area contributed by atoms with Crippen LogP contribution in [-0.4, -0.2) is 53.7 Å². The van der Waals surface area contributed by atoms with E-state index in [1.165, 1.54) is 28.1 Å². The van der Waals surface area contributed by atoms with Crippen LogP contribution in [0.2, 0.25) is 0 Å². The van der Waals surface area contributed by atoms with Gasteiger partial charge >= 0.3 is 17.9 Å². The molecule has 0 aliphatic rings. The fourth-order valence-corrected chi connectivity index (χ4v) is 5.19. The molecule has 3 rings (SSSR count). The lowest BCUT2D eigenvalue weighted by atomic mass is 9.95. The molecule has 0 aliphatic heterocycles. The third-order valence-electron chi connectivity index (χ3n) is 7.89. The number of phenolic OH excluding ortho intramolecular Hbond substituents is 2. The number of rotatable bonds is 8. The number of benzene rings is 3. The first-order chi connectivity index (χ1) is 20.1. The summed E-state index contributed by atoms with van der Waals surface area (Å²) in [5.41, 5.74) is 1.71. The van der Waals surface area contributed by atoms with Gasteiger partial charge < -0.3 is 34.3 Å². The number of carbonyl (C=O) groups is 4. The van der Waals surface area contributed by atoms with E-state index in [4.69, 9.17) is 18.9 Å². The molecule has 0 unspecified atom stereocenters. The van der Waals surface area contributed by atoms with Gasteiger partial charge in [0.25, 0.3) is 0 Å². The smallest absolute Gasteiger partial charge is 0.347 e. The first-order valence-corrected chi connectivity index (χ1v) is 13.1. The third kappa shape index (κ3) is 5.22. The average molecular weight is 595 g/mol. The highest BCUT2D eigenvalue weighted by atomic mass is 16.5. The minimum Gasteiger partial charge on any atom is -0.507 e. The lowest BCUT2D eigenvalue weighted by Crippen LogP contribution is -2.19. The van der Waals surface area contributed by atoms with Gasteiger partial charge in [-0.05, 0) is 83.2 Å². The Morgan fingerprint density at radius 2 is 0.953 bits per heavy atom. The molecule has 0 radical (unpaired) electrons. The molecule has 3 aromatic carbocycles. The molecule has 0 bridgehead atoms. The van der Waals surface area contributed by atoms with Gasteiger partial charge in [0.1, 0.15) is 51.2 Å². The van der Waals surface area contributed by atoms with Gasteiger partial charge in [0, 0.05) is 16.7 Å². The van der Waals surface area contributed by atoms with E-state index in [0.717, 1.165) is 0 Å². The van der Waals surface area contributed by atoms with Crippen LogP contribution in [0.15, 0.2) is 0 Å². The van der Waals surface area contributed by atoms with Crippen LogP contribution in [0.1, 0.15) is 85.9 Å². The Kier molecular flexibility index (Phi) is 9.09. The van der Waals surface area contributed by atoms with Gasteiger partial charge in [0.15, 0.2) is 6.29 Å². The summed E-state index contributed by atoms with van der Waals surface area (Å²) in [7, 11) is 2.66. The number of carbonyl (C=O) groups excluding carboxylic acids is 3. The lowest BCUT2D eigenvalue weighted by Gasteiger charge is -2.22. The molecule has 11 nitrogen and oxygen atoms in total. The fourth-order valence-electron chi connectivity index (χ4n) is 5.19. The van der Waals surface area contributed by atoms with E-state index in [9.17, 15) is 34.5 Å². The van der Waals surface area contributed by atoms with Crippen LogP contribution >= 0.6 is 0 Å². The predicted octanol–water partition coefficient (Wildman–Crippen LogP) is 5.53. The number of carboxylic acids is 1. The Morgan fingerprint density at radius 1 is 0.535 bits per heavy atom. The second-order valence-corrected chi connectivity index (χ2v) is 10.2. The summed E-state index contributed by atoms with van der Waals surface area (Å²) in [5, 5.41) is 30.5. The van der Waals surface area contributed by atoms with Crippen molar-refractivity contribution in [1.82, 2.24) is 0 Å². The molecule has 0 amide bonds. The molecule has 0 aliphatic carbocycles. The van der Waals surface area contributed by atoms with Crippen LogP contribution in [0.25, 0.3) is 0 Å². The Morgan fingerprint density at radius 3 is 1.37 bits per heavy atom. The van der Waals surface area contributed by atoms with Crippen LogP contribution in [0, 0.1) is 55.4 Å². The fraction of sp³-hybridized carbons (Fsp3) is 0.312. The van der Waals surface area contributed by atoms with E-state index in [1.807, 2.05) is 0 Å². The molecule has 0 atom stereocenters. The normalized spacial score (nSPS) is 10.7. The van der Waals surface area contributed by atoms with Crippen LogP contribution in [0.3, 0.4) is 0 Å². The van der Waals surface area contributed by atoms with Gasteiger partial charge in [-0.15, -0.1) is 0 Å². The highest BCUT2D eigenvalue weighted by molar-refractivity contribution is 6.02. The first kappa shape index (κ1) is 32.5. The highest BCUT2D eigenvalue weighted by Gasteiger charge is 2.31. The maximum Gasteiger partial charge on any atom is 0.347 e. The number of aromatic hydroxyl groups is 2. The van der Waals surface area contributed by atoms with Crippen molar-refractivity contribution in [3.63, 3.8) is 0 Å². The van der Waals surface area contributed by atoms with E-state index in [1.54, 1.807) is 41.5 Å². The van der Waals surface area contributed by atoms with E-state index >= 15 is 0 Å². The van der Waals surface area contributed by atoms with Crippen molar-refractivity contribution in [3.05, 3.63) is 66.8 Å². The van der Waals surface area contributed by atoms with Crippen molar-refractivity contribution >= 4 is 24.2 Å². The third-order valence-corrected chi connectivity index (χ3v) is 7.89. The van der Waals surface area contributed by atoms with Crippen molar-refractivity contribution in [2.45, 2.75) is 55.4 Å². The molecule has 43 heavy (non-hydrogen) atoms. The van der Waals surface area contributed by atoms with Gasteiger partial charge in [-0.3, -0.25) is 4.79 Å². The largest absolute Gasteiger partial charge is 0.507 e. The number of hydrogen-bond donors (Lipinski definition) is 3. The van der Waals surface area contributed by atoms with Crippen molar-refractivity contribution in [3.8, 4) is 34.5 Å². The SMILES string of the molecule is COc1c(C)c(OC(=O)c2c(C)c(C)c(OC(=O)c3c(C)c(C=O)c(O)c(C)c3O)c(C)c2OC)c(C)c(C)c1C(=O)O. The number of methoxy groups -OCH3 is 2. The van der Waals surface area contributed by atoms with Gasteiger partial charge in [-0.2, -0.15) is 0 Å². The quantitative estimate of drug-likeness (QED) is 0.170. The maximum atomic E-state index is 13.7.